The molecule has 0 aromatic carbocycles. The number of hydrogen-bond acceptors (Lipinski definition) is 5. The number of imidazole rings is 1. The smallest absolute Gasteiger partial charge is 0.198 e. The summed E-state index contributed by atoms with van der Waals surface area (Å²) in [5.41, 5.74) is 0.950. The van der Waals surface area contributed by atoms with Gasteiger partial charge in [0.2, 0.25) is 0 Å². The van der Waals surface area contributed by atoms with Crippen LogP contribution >= 0.6 is 40.0 Å². The molecule has 0 saturated carbocycles. The summed E-state index contributed by atoms with van der Waals surface area (Å²) in [5, 5.41) is 3.51. The zero-order valence-electron chi connectivity index (χ0n) is 9.44. The minimum absolute atomic E-state index is 0.0911. The van der Waals surface area contributed by atoms with E-state index in [0.717, 1.165) is 37.8 Å². The lowest BCUT2D eigenvalue weighted by molar-refractivity contribution is 0.0171. The minimum atomic E-state index is -0.0911. The van der Waals surface area contributed by atoms with E-state index < -0.39 is 0 Å². The average Bonchev–Trinajstić information content (AvgIpc) is 2.81. The number of nitrogens with zero attached hydrogens (tertiary/aromatic N) is 4. The van der Waals surface area contributed by atoms with Crippen LogP contribution in [0.5, 0.6) is 0 Å². The maximum Gasteiger partial charge on any atom is 0.198 e. The first kappa shape index (κ1) is 13.1. The number of hydrogen-bond donors (Lipinski definition) is 1. The van der Waals surface area contributed by atoms with Crippen molar-refractivity contribution in [1.82, 2.24) is 14.2 Å². The van der Waals surface area contributed by atoms with Gasteiger partial charge in [-0.05, 0) is 33.6 Å². The van der Waals surface area contributed by atoms with Crippen molar-refractivity contribution in [1.29, 1.82) is 0 Å². The molecular formula is C9H12ClIN5OP. The lowest BCUT2D eigenvalue weighted by atomic mass is 10.2. The zero-order valence-corrected chi connectivity index (χ0v) is 13.3. The first-order valence-corrected chi connectivity index (χ1v) is 9.99. The summed E-state index contributed by atoms with van der Waals surface area (Å²) >= 11 is 8.40. The fourth-order valence-corrected chi connectivity index (χ4v) is 3.75. The van der Waals surface area contributed by atoms with Crippen LogP contribution in [0.2, 0.25) is 0 Å². The molecule has 2 aliphatic heterocycles. The number of rotatable bonds is 2. The monoisotopic (exact) mass is 399 g/mol. The fourth-order valence-electron chi connectivity index (χ4n) is 2.11. The predicted molar refractivity (Wildman–Crippen MR) is 82.0 cm³/mol. The molecule has 9 heteroatoms. The van der Waals surface area contributed by atoms with Gasteiger partial charge in [0.05, 0.1) is 19.6 Å². The maximum absolute atomic E-state index is 6.08. The van der Waals surface area contributed by atoms with Crippen LogP contribution in [0.1, 0.15) is 11.9 Å². The molecule has 0 aliphatic carbocycles. The third kappa shape index (κ3) is 2.38. The SMILES string of the molecule is ClC1=NC(N2CCOCC2)c2ncn(PI)c2N1. The maximum atomic E-state index is 6.08. The predicted octanol–water partition coefficient (Wildman–Crippen LogP) is 2.03. The Morgan fingerprint density at radius 2 is 2.28 bits per heavy atom. The lowest BCUT2D eigenvalue weighted by Crippen LogP contribution is -2.40. The van der Waals surface area contributed by atoms with Gasteiger partial charge in [-0.1, -0.05) is 0 Å². The molecule has 6 nitrogen and oxygen atoms in total. The summed E-state index contributed by atoms with van der Waals surface area (Å²) in [6, 6.07) is 0. The third-order valence-electron chi connectivity index (χ3n) is 2.98. The van der Waals surface area contributed by atoms with Gasteiger partial charge in [0.15, 0.2) is 11.5 Å². The van der Waals surface area contributed by atoms with Gasteiger partial charge in [0.1, 0.15) is 17.8 Å². The second kappa shape index (κ2) is 5.58. The topological polar surface area (TPSA) is 54.7 Å². The van der Waals surface area contributed by atoms with Gasteiger partial charge in [-0.2, -0.15) is 0 Å². The number of aromatic nitrogens is 2. The molecule has 2 unspecified atom stereocenters. The van der Waals surface area contributed by atoms with Crippen molar-refractivity contribution in [3.05, 3.63) is 12.0 Å². The van der Waals surface area contributed by atoms with Crippen LogP contribution in [0.4, 0.5) is 5.82 Å². The standard InChI is InChI=1S/C9H12ClIN5OP/c10-9-13-7(15-1-3-17-4-2-15)6-8(14-9)16(18-11)5-12-6/h5,7,18H,1-4H2,(H,13,14). The highest BCUT2D eigenvalue weighted by Crippen LogP contribution is 2.37. The number of amidine groups is 1. The van der Waals surface area contributed by atoms with E-state index in [2.05, 4.69) is 46.6 Å². The van der Waals surface area contributed by atoms with E-state index in [9.17, 15) is 0 Å². The van der Waals surface area contributed by atoms with E-state index in [0.29, 0.717) is 11.7 Å². The Kier molecular flexibility index (Phi) is 4.05. The van der Waals surface area contributed by atoms with Crippen LogP contribution in [0.15, 0.2) is 11.3 Å². The number of ether oxygens (including phenoxy) is 1. The molecule has 1 saturated heterocycles. The van der Waals surface area contributed by atoms with Gasteiger partial charge in [0.25, 0.3) is 0 Å². The van der Waals surface area contributed by atoms with Crippen molar-refractivity contribution >= 4 is 51.1 Å². The Hall–Kier alpha value is 0.0500. The van der Waals surface area contributed by atoms with Crippen molar-refractivity contribution in [2.45, 2.75) is 6.17 Å². The lowest BCUT2D eigenvalue weighted by Gasteiger charge is -2.33. The van der Waals surface area contributed by atoms with E-state index in [1.807, 2.05) is 6.33 Å². The Balaban J connectivity index is 1.93. The van der Waals surface area contributed by atoms with Crippen LogP contribution in [0.3, 0.4) is 0 Å². The summed E-state index contributed by atoms with van der Waals surface area (Å²) in [7, 11) is 0. The Labute approximate surface area is 124 Å². The molecule has 0 spiro atoms. The summed E-state index contributed by atoms with van der Waals surface area (Å²) in [6.07, 6.45) is 2.33. The Morgan fingerprint density at radius 3 is 3.00 bits per heavy atom. The number of morpholine rings is 1. The van der Waals surface area contributed by atoms with E-state index >= 15 is 0 Å². The molecule has 0 amide bonds. The van der Waals surface area contributed by atoms with Crippen molar-refractivity contribution in [3.8, 4) is 0 Å². The highest BCUT2D eigenvalue weighted by atomic mass is 127. The summed E-state index contributed by atoms with van der Waals surface area (Å²) in [4.78, 5) is 11.2. The number of anilines is 1. The van der Waals surface area contributed by atoms with Gasteiger partial charge in [0, 0.05) is 13.1 Å². The highest BCUT2D eigenvalue weighted by molar-refractivity contribution is 14.2. The molecular weight excluding hydrogens is 387 g/mol. The van der Waals surface area contributed by atoms with Gasteiger partial charge in [-0.25, -0.2) is 9.98 Å². The molecule has 3 heterocycles. The minimum Gasteiger partial charge on any atom is -0.379 e. The zero-order chi connectivity index (χ0) is 12.5. The average molecular weight is 400 g/mol. The van der Waals surface area contributed by atoms with Gasteiger partial charge >= 0.3 is 0 Å². The van der Waals surface area contributed by atoms with E-state index in [4.69, 9.17) is 16.3 Å². The largest absolute Gasteiger partial charge is 0.379 e. The van der Waals surface area contributed by atoms with E-state index in [1.165, 1.54) is 0 Å². The van der Waals surface area contributed by atoms with Gasteiger partial charge in [-0.3, -0.25) is 9.24 Å². The Bertz CT molecular complexity index is 476. The molecule has 2 atom stereocenters. The number of halogens is 2. The highest BCUT2D eigenvalue weighted by Gasteiger charge is 2.31. The Morgan fingerprint density at radius 1 is 1.50 bits per heavy atom. The van der Waals surface area contributed by atoms with E-state index in [1.54, 1.807) is 0 Å². The van der Waals surface area contributed by atoms with E-state index in [-0.39, 0.29) is 6.17 Å². The summed E-state index contributed by atoms with van der Waals surface area (Å²) in [6.45, 7) is 3.19. The van der Waals surface area contributed by atoms with Crippen molar-refractivity contribution < 1.29 is 4.74 Å². The molecule has 1 N–H and O–H groups in total. The first-order valence-electron chi connectivity index (χ1n) is 5.55. The molecule has 0 radical (unpaired) electrons. The van der Waals surface area contributed by atoms with Crippen molar-refractivity contribution in [3.63, 3.8) is 0 Å². The second-order valence-corrected chi connectivity index (χ2v) is 6.46. The third-order valence-corrected chi connectivity index (χ3v) is 5.25. The second-order valence-electron chi connectivity index (χ2n) is 4.00. The van der Waals surface area contributed by atoms with Crippen LogP contribution in [-0.4, -0.2) is 45.8 Å². The molecule has 1 aromatic rings. The van der Waals surface area contributed by atoms with Crippen LogP contribution in [0, 0.1) is 0 Å². The fraction of sp³-hybridized carbons (Fsp3) is 0.556. The normalized spacial score (nSPS) is 25.0. The molecule has 98 valence electrons. The van der Waals surface area contributed by atoms with Crippen molar-refractivity contribution in [2.24, 2.45) is 4.99 Å². The van der Waals surface area contributed by atoms with Crippen molar-refractivity contribution in [2.75, 3.05) is 31.6 Å². The van der Waals surface area contributed by atoms with Gasteiger partial charge < -0.3 is 10.1 Å². The van der Waals surface area contributed by atoms with Gasteiger partial charge in [-0.15, -0.1) is 0 Å². The molecule has 18 heavy (non-hydrogen) atoms. The first-order chi connectivity index (χ1) is 8.79. The molecule has 2 aliphatic rings. The quantitative estimate of drug-likeness (QED) is 0.470. The summed E-state index contributed by atoms with van der Waals surface area (Å²) in [5.74, 6) is 0.958. The molecule has 1 aromatic heterocycles. The molecule has 3 rings (SSSR count). The number of fused-ring (bicyclic) bond motifs is 1. The molecule has 0 bridgehead atoms. The van der Waals surface area contributed by atoms with Crippen LogP contribution < -0.4 is 5.32 Å². The number of aliphatic imine (C=N–C) groups is 1. The summed E-state index contributed by atoms with van der Waals surface area (Å²) < 4.78 is 7.42. The van der Waals surface area contributed by atoms with Crippen LogP contribution in [-0.2, 0) is 4.74 Å². The van der Waals surface area contributed by atoms with Crippen LogP contribution in [0.25, 0.3) is 0 Å². The molecule has 1 fully saturated rings. The number of nitrogens with one attached hydrogen (secondary N) is 1.